The number of methoxy groups -OCH3 is 1. The summed E-state index contributed by atoms with van der Waals surface area (Å²) in [6.45, 7) is 0. The van der Waals surface area contributed by atoms with Crippen molar-refractivity contribution in [3.63, 3.8) is 0 Å². The lowest BCUT2D eigenvalue weighted by molar-refractivity contribution is -0.121. The SMILES string of the molecule is COc1ccc2c(c1)C(=O)C(=O)N2C(CC1CCCC1)C(=O)Nc1ccccn1. The third kappa shape index (κ3) is 3.72. The van der Waals surface area contributed by atoms with Gasteiger partial charge in [-0.1, -0.05) is 31.7 Å². The first-order chi connectivity index (χ1) is 14.1. The predicted octanol–water partition coefficient (Wildman–Crippen LogP) is 3.21. The largest absolute Gasteiger partial charge is 0.497 e. The normalized spacial score (nSPS) is 17.3. The minimum atomic E-state index is -0.772. The monoisotopic (exact) mass is 393 g/mol. The van der Waals surface area contributed by atoms with Crippen LogP contribution in [0.1, 0.15) is 42.5 Å². The standard InChI is InChI=1S/C22H23N3O4/c1-29-15-9-10-17-16(13-15)20(26)22(28)25(17)18(12-14-6-2-3-7-14)21(27)24-19-8-4-5-11-23-19/h4-5,8-11,13-14,18H,2-3,6-7,12H2,1H3,(H,23,24,27). The van der Waals surface area contributed by atoms with E-state index in [0.29, 0.717) is 29.6 Å². The lowest BCUT2D eigenvalue weighted by atomic mass is 9.96. The summed E-state index contributed by atoms with van der Waals surface area (Å²) in [6.07, 6.45) is 6.41. The van der Waals surface area contributed by atoms with Crippen LogP contribution in [0.2, 0.25) is 0 Å². The Morgan fingerprint density at radius 2 is 2.03 bits per heavy atom. The van der Waals surface area contributed by atoms with Crippen molar-refractivity contribution in [3.8, 4) is 5.75 Å². The minimum Gasteiger partial charge on any atom is -0.497 e. The minimum absolute atomic E-state index is 0.274. The second-order valence-electron chi connectivity index (χ2n) is 7.49. The highest BCUT2D eigenvalue weighted by molar-refractivity contribution is 6.53. The molecule has 7 nitrogen and oxygen atoms in total. The average molecular weight is 393 g/mol. The molecule has 1 aliphatic heterocycles. The molecule has 1 saturated carbocycles. The van der Waals surface area contributed by atoms with Crippen molar-refractivity contribution in [2.24, 2.45) is 5.92 Å². The lowest BCUT2D eigenvalue weighted by Gasteiger charge is -2.29. The van der Waals surface area contributed by atoms with E-state index in [1.54, 1.807) is 42.6 Å². The number of benzene rings is 1. The number of fused-ring (bicyclic) bond motifs is 1. The fourth-order valence-corrected chi connectivity index (χ4v) is 4.22. The van der Waals surface area contributed by atoms with Crippen LogP contribution in [0.4, 0.5) is 11.5 Å². The Balaban J connectivity index is 1.68. The summed E-state index contributed by atoms with van der Waals surface area (Å²) < 4.78 is 5.18. The Bertz CT molecular complexity index is 938. The highest BCUT2D eigenvalue weighted by Gasteiger charge is 2.43. The van der Waals surface area contributed by atoms with Crippen LogP contribution in [0, 0.1) is 5.92 Å². The Morgan fingerprint density at radius 1 is 1.24 bits per heavy atom. The highest BCUT2D eigenvalue weighted by Crippen LogP contribution is 2.37. The number of ketones is 1. The second kappa shape index (κ2) is 8.03. The van der Waals surface area contributed by atoms with Crippen LogP contribution in [0.3, 0.4) is 0 Å². The van der Waals surface area contributed by atoms with Gasteiger partial charge in [0, 0.05) is 6.20 Å². The molecule has 150 valence electrons. The van der Waals surface area contributed by atoms with Crippen molar-refractivity contribution in [2.75, 3.05) is 17.3 Å². The first-order valence-corrected chi connectivity index (χ1v) is 9.86. The van der Waals surface area contributed by atoms with E-state index in [2.05, 4.69) is 10.3 Å². The van der Waals surface area contributed by atoms with Gasteiger partial charge in [-0.2, -0.15) is 0 Å². The number of anilines is 2. The molecular formula is C22H23N3O4. The van der Waals surface area contributed by atoms with Gasteiger partial charge in [-0.3, -0.25) is 19.3 Å². The Morgan fingerprint density at radius 3 is 2.72 bits per heavy atom. The summed E-state index contributed by atoms with van der Waals surface area (Å²) in [5.74, 6) is -0.354. The highest BCUT2D eigenvalue weighted by atomic mass is 16.5. The summed E-state index contributed by atoms with van der Waals surface area (Å²) in [7, 11) is 1.50. The molecule has 1 aromatic carbocycles. The van der Waals surface area contributed by atoms with Crippen LogP contribution in [0.5, 0.6) is 5.75 Å². The molecule has 1 fully saturated rings. The van der Waals surface area contributed by atoms with Crippen LogP contribution in [-0.4, -0.2) is 35.7 Å². The van der Waals surface area contributed by atoms with Crippen molar-refractivity contribution >= 4 is 29.1 Å². The van der Waals surface area contributed by atoms with Crippen LogP contribution >= 0.6 is 0 Å². The third-order valence-corrected chi connectivity index (χ3v) is 5.68. The topological polar surface area (TPSA) is 88.6 Å². The van der Waals surface area contributed by atoms with E-state index in [0.717, 1.165) is 25.7 Å². The molecule has 7 heteroatoms. The second-order valence-corrected chi connectivity index (χ2v) is 7.49. The van der Waals surface area contributed by atoms with Gasteiger partial charge >= 0.3 is 0 Å². The first kappa shape index (κ1) is 19.1. The number of hydrogen-bond acceptors (Lipinski definition) is 5. The zero-order valence-corrected chi connectivity index (χ0v) is 16.3. The Labute approximate surface area is 169 Å². The molecule has 2 heterocycles. The van der Waals surface area contributed by atoms with Gasteiger partial charge in [-0.25, -0.2) is 4.98 Å². The number of nitrogens with one attached hydrogen (secondary N) is 1. The number of aromatic nitrogens is 1. The molecule has 0 bridgehead atoms. The Hall–Kier alpha value is -3.22. The van der Waals surface area contributed by atoms with Gasteiger partial charge in [0.05, 0.1) is 18.4 Å². The van der Waals surface area contributed by atoms with Crippen LogP contribution in [0.25, 0.3) is 0 Å². The van der Waals surface area contributed by atoms with E-state index < -0.39 is 17.7 Å². The summed E-state index contributed by atoms with van der Waals surface area (Å²) in [4.78, 5) is 44.2. The first-order valence-electron chi connectivity index (χ1n) is 9.86. The maximum absolute atomic E-state index is 13.2. The van der Waals surface area contributed by atoms with E-state index in [1.165, 1.54) is 12.0 Å². The van der Waals surface area contributed by atoms with Gasteiger partial charge in [-0.05, 0) is 42.7 Å². The van der Waals surface area contributed by atoms with E-state index in [4.69, 9.17) is 4.74 Å². The van der Waals surface area contributed by atoms with Crippen molar-refractivity contribution < 1.29 is 19.1 Å². The predicted molar refractivity (Wildman–Crippen MR) is 108 cm³/mol. The molecule has 1 N–H and O–H groups in total. The number of pyridine rings is 1. The van der Waals surface area contributed by atoms with Crippen LogP contribution in [0.15, 0.2) is 42.6 Å². The maximum atomic E-state index is 13.2. The van der Waals surface area contributed by atoms with Crippen LogP contribution in [-0.2, 0) is 9.59 Å². The molecule has 1 aromatic heterocycles. The van der Waals surface area contributed by atoms with Gasteiger partial charge in [-0.15, -0.1) is 0 Å². The van der Waals surface area contributed by atoms with Gasteiger partial charge < -0.3 is 10.1 Å². The summed E-state index contributed by atoms with van der Waals surface area (Å²) in [5.41, 5.74) is 0.733. The summed E-state index contributed by atoms with van der Waals surface area (Å²) >= 11 is 0. The Kier molecular flexibility index (Phi) is 5.29. The quantitative estimate of drug-likeness (QED) is 0.762. The van der Waals surface area contributed by atoms with E-state index in [-0.39, 0.29) is 11.5 Å². The number of ether oxygens (including phenoxy) is 1. The van der Waals surface area contributed by atoms with Crippen molar-refractivity contribution in [1.82, 2.24) is 4.98 Å². The van der Waals surface area contributed by atoms with Gasteiger partial charge in [0.2, 0.25) is 5.91 Å². The molecule has 1 unspecified atom stereocenters. The maximum Gasteiger partial charge on any atom is 0.300 e. The molecule has 2 aliphatic rings. The summed E-state index contributed by atoms with van der Waals surface area (Å²) in [5, 5.41) is 2.80. The number of carbonyl (C=O) groups excluding carboxylic acids is 3. The van der Waals surface area contributed by atoms with Gasteiger partial charge in [0.15, 0.2) is 0 Å². The average Bonchev–Trinajstić information content (AvgIpc) is 3.34. The van der Waals surface area contributed by atoms with E-state index in [9.17, 15) is 14.4 Å². The van der Waals surface area contributed by atoms with E-state index >= 15 is 0 Å². The number of rotatable bonds is 6. The van der Waals surface area contributed by atoms with Gasteiger partial charge in [0.25, 0.3) is 11.7 Å². The zero-order valence-electron chi connectivity index (χ0n) is 16.3. The van der Waals surface area contributed by atoms with Gasteiger partial charge in [0.1, 0.15) is 17.6 Å². The summed E-state index contributed by atoms with van der Waals surface area (Å²) in [6, 6.07) is 9.39. The molecule has 0 spiro atoms. The molecule has 2 amide bonds. The number of nitrogens with zero attached hydrogens (tertiary/aromatic N) is 2. The smallest absolute Gasteiger partial charge is 0.300 e. The molecule has 1 atom stereocenters. The van der Waals surface area contributed by atoms with Crippen molar-refractivity contribution in [3.05, 3.63) is 48.2 Å². The molecule has 2 aromatic rings. The fourth-order valence-electron chi connectivity index (χ4n) is 4.22. The zero-order chi connectivity index (χ0) is 20.4. The number of Topliss-reactive ketones (excluding diaryl/α,β-unsaturated/α-hetero) is 1. The molecule has 0 saturated heterocycles. The number of carbonyl (C=O) groups is 3. The molecular weight excluding hydrogens is 370 g/mol. The van der Waals surface area contributed by atoms with Crippen molar-refractivity contribution in [2.45, 2.75) is 38.1 Å². The van der Waals surface area contributed by atoms with Crippen molar-refractivity contribution in [1.29, 1.82) is 0 Å². The molecule has 1 aliphatic carbocycles. The number of hydrogen-bond donors (Lipinski definition) is 1. The van der Waals surface area contributed by atoms with E-state index in [1.807, 2.05) is 0 Å². The third-order valence-electron chi connectivity index (χ3n) is 5.68. The fraction of sp³-hybridized carbons (Fsp3) is 0.364. The molecule has 4 rings (SSSR count). The van der Waals surface area contributed by atoms with Crippen LogP contribution < -0.4 is 15.0 Å². The number of amides is 2. The lowest BCUT2D eigenvalue weighted by Crippen LogP contribution is -2.48. The molecule has 29 heavy (non-hydrogen) atoms. The molecule has 0 radical (unpaired) electrons.